The highest BCUT2D eigenvalue weighted by atomic mass is 16.2. The van der Waals surface area contributed by atoms with E-state index >= 15 is 0 Å². The molecule has 0 spiro atoms. The Balaban J connectivity index is 1.49. The van der Waals surface area contributed by atoms with Gasteiger partial charge in [-0.05, 0) is 37.3 Å². The van der Waals surface area contributed by atoms with Crippen LogP contribution in [0.3, 0.4) is 0 Å². The summed E-state index contributed by atoms with van der Waals surface area (Å²) in [4.78, 5) is 28.0. The van der Waals surface area contributed by atoms with Crippen LogP contribution in [0.1, 0.15) is 49.9 Å². The molecule has 1 aliphatic heterocycles. The monoisotopic (exact) mass is 458 g/mol. The average Bonchev–Trinajstić information content (AvgIpc) is 3.35. The van der Waals surface area contributed by atoms with E-state index in [1.807, 2.05) is 78.7 Å². The topological polar surface area (TPSA) is 67.2 Å². The fraction of sp³-hybridized carbons (Fsp3) is 0.393. The summed E-state index contributed by atoms with van der Waals surface area (Å²) in [6.45, 7) is 6.18. The van der Waals surface area contributed by atoms with Crippen LogP contribution in [0.15, 0.2) is 66.9 Å². The lowest BCUT2D eigenvalue weighted by molar-refractivity contribution is -0.126. The molecule has 0 aliphatic carbocycles. The van der Waals surface area contributed by atoms with Crippen LogP contribution in [0.25, 0.3) is 16.9 Å². The van der Waals surface area contributed by atoms with Gasteiger partial charge in [0.1, 0.15) is 5.69 Å². The van der Waals surface area contributed by atoms with Crippen molar-refractivity contribution < 1.29 is 9.59 Å². The second-order valence-corrected chi connectivity index (χ2v) is 9.10. The van der Waals surface area contributed by atoms with Gasteiger partial charge in [-0.3, -0.25) is 9.59 Å². The molecule has 0 radical (unpaired) electrons. The lowest BCUT2D eigenvalue weighted by atomic mass is 9.84. The summed E-state index contributed by atoms with van der Waals surface area (Å²) in [6, 6.07) is 19.7. The number of hydrogen-bond acceptors (Lipinski definition) is 3. The highest BCUT2D eigenvalue weighted by Crippen LogP contribution is 2.29. The fourth-order valence-electron chi connectivity index (χ4n) is 4.59. The van der Waals surface area contributed by atoms with Crippen molar-refractivity contribution in [3.05, 3.63) is 72.4 Å². The molecule has 6 heteroatoms. The van der Waals surface area contributed by atoms with E-state index in [1.165, 1.54) is 0 Å². The molecular weight excluding hydrogens is 424 g/mol. The number of amides is 2. The molecule has 0 unspecified atom stereocenters. The lowest BCUT2D eigenvalue weighted by Gasteiger charge is -2.34. The van der Waals surface area contributed by atoms with Crippen LogP contribution in [-0.4, -0.2) is 46.1 Å². The van der Waals surface area contributed by atoms with Crippen LogP contribution in [0.2, 0.25) is 0 Å². The number of piperidine rings is 1. The van der Waals surface area contributed by atoms with Gasteiger partial charge >= 0.3 is 0 Å². The average molecular weight is 459 g/mol. The number of unbranched alkanes of at least 4 members (excludes halogenated alkanes) is 1. The van der Waals surface area contributed by atoms with Gasteiger partial charge in [-0.25, -0.2) is 4.68 Å². The maximum absolute atomic E-state index is 13.6. The Bertz CT molecular complexity index is 1090. The highest BCUT2D eigenvalue weighted by molar-refractivity contribution is 6.00. The number of benzene rings is 2. The van der Waals surface area contributed by atoms with Crippen molar-refractivity contribution in [3.8, 4) is 16.9 Å². The quantitative estimate of drug-likeness (QED) is 0.486. The molecule has 1 aromatic heterocycles. The van der Waals surface area contributed by atoms with Gasteiger partial charge in [-0.2, -0.15) is 5.10 Å². The zero-order valence-electron chi connectivity index (χ0n) is 20.1. The van der Waals surface area contributed by atoms with Gasteiger partial charge in [0.05, 0.1) is 11.3 Å². The molecule has 2 aromatic carbocycles. The van der Waals surface area contributed by atoms with E-state index in [4.69, 9.17) is 5.10 Å². The maximum atomic E-state index is 13.6. The molecule has 3 aromatic rings. The third-order valence-corrected chi connectivity index (χ3v) is 6.79. The Hall–Kier alpha value is -3.41. The summed E-state index contributed by atoms with van der Waals surface area (Å²) in [7, 11) is 0. The first-order chi connectivity index (χ1) is 16.6. The first kappa shape index (κ1) is 23.7. The Kier molecular flexibility index (Phi) is 7.78. The summed E-state index contributed by atoms with van der Waals surface area (Å²) in [5.74, 6) is 0.398. The first-order valence-corrected chi connectivity index (χ1v) is 12.4. The molecule has 1 N–H and O–H groups in total. The van der Waals surface area contributed by atoms with Crippen LogP contribution >= 0.6 is 0 Å². The van der Waals surface area contributed by atoms with Gasteiger partial charge in [0.2, 0.25) is 5.91 Å². The standard InChI is InChI=1S/C28H34N4O2/c1-3-4-17-29-27(33)21(2)22-15-18-31(19-16-22)28(34)25-20-32(24-13-9-6-10-14-24)30-26(25)23-11-7-5-8-12-23/h5-14,20-22H,3-4,15-19H2,1-2H3,(H,29,33)/t21-/m1/s1. The number of nitrogens with one attached hydrogen (secondary N) is 1. The molecule has 2 amide bonds. The second-order valence-electron chi connectivity index (χ2n) is 9.10. The van der Waals surface area contributed by atoms with Crippen molar-refractivity contribution >= 4 is 11.8 Å². The predicted octanol–water partition coefficient (Wildman–Crippen LogP) is 4.94. The molecule has 2 heterocycles. The number of likely N-dealkylation sites (tertiary alicyclic amines) is 1. The number of rotatable bonds is 8. The minimum absolute atomic E-state index is 0.000431. The van der Waals surface area contributed by atoms with E-state index in [1.54, 1.807) is 4.68 Å². The number of nitrogens with zero attached hydrogens (tertiary/aromatic N) is 3. The Morgan fingerprint density at radius 1 is 1.03 bits per heavy atom. The smallest absolute Gasteiger partial charge is 0.257 e. The largest absolute Gasteiger partial charge is 0.356 e. The molecule has 6 nitrogen and oxygen atoms in total. The van der Waals surface area contributed by atoms with Crippen LogP contribution < -0.4 is 5.32 Å². The third kappa shape index (κ3) is 5.38. The van der Waals surface area contributed by atoms with Crippen LogP contribution in [0, 0.1) is 11.8 Å². The zero-order valence-corrected chi connectivity index (χ0v) is 20.1. The minimum atomic E-state index is -0.0326. The van der Waals surface area contributed by atoms with Gasteiger partial charge < -0.3 is 10.2 Å². The molecule has 1 fully saturated rings. The summed E-state index contributed by atoms with van der Waals surface area (Å²) in [5.41, 5.74) is 3.15. The molecule has 0 saturated carbocycles. The number of para-hydroxylation sites is 1. The Morgan fingerprint density at radius 3 is 2.32 bits per heavy atom. The molecule has 34 heavy (non-hydrogen) atoms. The van der Waals surface area contributed by atoms with E-state index in [0.717, 1.165) is 43.5 Å². The Labute approximate surface area is 202 Å². The van der Waals surface area contributed by atoms with Gasteiger partial charge in [0.25, 0.3) is 5.91 Å². The van der Waals surface area contributed by atoms with Crippen molar-refractivity contribution in [2.75, 3.05) is 19.6 Å². The maximum Gasteiger partial charge on any atom is 0.257 e. The number of aromatic nitrogens is 2. The van der Waals surface area contributed by atoms with Crippen LogP contribution in [0.4, 0.5) is 0 Å². The third-order valence-electron chi connectivity index (χ3n) is 6.79. The van der Waals surface area contributed by atoms with E-state index < -0.39 is 0 Å². The first-order valence-electron chi connectivity index (χ1n) is 12.4. The molecular formula is C28H34N4O2. The van der Waals surface area contributed by atoms with E-state index in [0.29, 0.717) is 30.3 Å². The zero-order chi connectivity index (χ0) is 23.9. The summed E-state index contributed by atoms with van der Waals surface area (Å²) in [6.07, 6.45) is 5.59. The van der Waals surface area contributed by atoms with Gasteiger partial charge in [-0.1, -0.05) is 68.8 Å². The van der Waals surface area contributed by atoms with Crippen molar-refractivity contribution in [2.45, 2.75) is 39.5 Å². The van der Waals surface area contributed by atoms with Crippen LogP contribution in [-0.2, 0) is 4.79 Å². The van der Waals surface area contributed by atoms with Crippen molar-refractivity contribution in [3.63, 3.8) is 0 Å². The van der Waals surface area contributed by atoms with Gasteiger partial charge in [0, 0.05) is 37.3 Å². The lowest BCUT2D eigenvalue weighted by Crippen LogP contribution is -2.42. The van der Waals surface area contributed by atoms with Crippen molar-refractivity contribution in [1.82, 2.24) is 20.0 Å². The van der Waals surface area contributed by atoms with Crippen LogP contribution in [0.5, 0.6) is 0 Å². The van der Waals surface area contributed by atoms with E-state index in [2.05, 4.69) is 12.2 Å². The summed E-state index contributed by atoms with van der Waals surface area (Å²) >= 11 is 0. The fourth-order valence-corrected chi connectivity index (χ4v) is 4.59. The van der Waals surface area contributed by atoms with Gasteiger partial charge in [-0.15, -0.1) is 0 Å². The highest BCUT2D eigenvalue weighted by Gasteiger charge is 2.31. The molecule has 1 atom stereocenters. The Morgan fingerprint density at radius 2 is 1.68 bits per heavy atom. The molecule has 1 aliphatic rings. The molecule has 178 valence electrons. The van der Waals surface area contributed by atoms with Crippen molar-refractivity contribution in [2.24, 2.45) is 11.8 Å². The normalized spacial score (nSPS) is 15.2. The van der Waals surface area contributed by atoms with Gasteiger partial charge in [0.15, 0.2) is 0 Å². The van der Waals surface area contributed by atoms with E-state index in [-0.39, 0.29) is 17.7 Å². The minimum Gasteiger partial charge on any atom is -0.356 e. The predicted molar refractivity (Wildman–Crippen MR) is 135 cm³/mol. The van der Waals surface area contributed by atoms with E-state index in [9.17, 15) is 9.59 Å². The summed E-state index contributed by atoms with van der Waals surface area (Å²) in [5, 5.41) is 7.84. The second kappa shape index (κ2) is 11.1. The molecule has 1 saturated heterocycles. The number of hydrogen-bond donors (Lipinski definition) is 1. The SMILES string of the molecule is CCCCNC(=O)[C@H](C)C1CCN(C(=O)c2cn(-c3ccccc3)nc2-c2ccccc2)CC1. The summed E-state index contributed by atoms with van der Waals surface area (Å²) < 4.78 is 1.78. The molecule has 4 rings (SSSR count). The van der Waals surface area contributed by atoms with Crippen molar-refractivity contribution in [1.29, 1.82) is 0 Å². The molecule has 0 bridgehead atoms. The number of carbonyl (C=O) groups is 2. The number of carbonyl (C=O) groups excluding carboxylic acids is 2.